The van der Waals surface area contributed by atoms with Crippen LogP contribution in [0, 0.1) is 20.8 Å². The predicted molar refractivity (Wildman–Crippen MR) is 105 cm³/mol. The Balaban J connectivity index is 1.68. The Morgan fingerprint density at radius 3 is 2.59 bits per heavy atom. The number of nitrogens with one attached hydrogen (secondary N) is 2. The third-order valence-electron chi connectivity index (χ3n) is 4.04. The number of hydrogen-bond acceptors (Lipinski definition) is 4. The summed E-state index contributed by atoms with van der Waals surface area (Å²) in [4.78, 5) is 28.0. The number of rotatable bonds is 8. The lowest BCUT2D eigenvalue weighted by molar-refractivity contribution is -0.123. The molecule has 0 radical (unpaired) electrons. The zero-order chi connectivity index (χ0) is 19.8. The van der Waals surface area contributed by atoms with Crippen LogP contribution < -0.4 is 15.4 Å². The number of nitrogens with zero attached hydrogens (tertiary/aromatic N) is 1. The second-order valence-electron chi connectivity index (χ2n) is 6.41. The van der Waals surface area contributed by atoms with Crippen LogP contribution in [0.25, 0.3) is 0 Å². The van der Waals surface area contributed by atoms with E-state index in [-0.39, 0.29) is 18.4 Å². The van der Waals surface area contributed by atoms with Crippen LogP contribution in [-0.4, -0.2) is 29.9 Å². The minimum atomic E-state index is -0.312. The van der Waals surface area contributed by atoms with Crippen LogP contribution in [-0.2, 0) is 4.79 Å². The second kappa shape index (κ2) is 9.52. The van der Waals surface area contributed by atoms with Crippen molar-refractivity contribution in [2.24, 2.45) is 0 Å². The van der Waals surface area contributed by atoms with E-state index < -0.39 is 0 Å². The maximum Gasteiger partial charge on any atom is 0.273 e. The van der Waals surface area contributed by atoms with Crippen LogP contribution >= 0.6 is 0 Å². The van der Waals surface area contributed by atoms with E-state index in [1.54, 1.807) is 12.3 Å². The summed E-state index contributed by atoms with van der Waals surface area (Å²) in [5.41, 5.74) is 4.09. The summed E-state index contributed by atoms with van der Waals surface area (Å²) in [6, 6.07) is 9.22. The lowest BCUT2D eigenvalue weighted by atomic mass is 10.1. The summed E-state index contributed by atoms with van der Waals surface area (Å²) in [6.07, 6.45) is 2.01. The minimum absolute atomic E-state index is 0.0610. The Hall–Kier alpha value is -3.15. The van der Waals surface area contributed by atoms with Crippen LogP contribution in [0.3, 0.4) is 0 Å². The molecule has 2 aromatic rings. The molecule has 0 aliphatic rings. The average Bonchev–Trinajstić information content (AvgIpc) is 2.62. The second-order valence-corrected chi connectivity index (χ2v) is 6.41. The molecule has 2 rings (SSSR count). The van der Waals surface area contributed by atoms with E-state index in [1.165, 1.54) is 5.56 Å². The molecule has 0 saturated heterocycles. The van der Waals surface area contributed by atoms with Gasteiger partial charge in [-0.05, 0) is 61.7 Å². The molecule has 0 unspecified atom stereocenters. The molecule has 0 aliphatic carbocycles. The lowest BCUT2D eigenvalue weighted by Crippen LogP contribution is -2.31. The van der Waals surface area contributed by atoms with Crippen molar-refractivity contribution >= 4 is 11.8 Å². The van der Waals surface area contributed by atoms with E-state index in [4.69, 9.17) is 4.74 Å². The van der Waals surface area contributed by atoms with Gasteiger partial charge >= 0.3 is 0 Å². The summed E-state index contributed by atoms with van der Waals surface area (Å²) >= 11 is 0. The predicted octanol–water partition coefficient (Wildman–Crippen LogP) is 2.84. The average molecular weight is 367 g/mol. The Labute approximate surface area is 159 Å². The van der Waals surface area contributed by atoms with Crippen LogP contribution in [0.2, 0.25) is 0 Å². The van der Waals surface area contributed by atoms with Crippen molar-refractivity contribution in [3.05, 3.63) is 71.2 Å². The van der Waals surface area contributed by atoms with Gasteiger partial charge in [-0.1, -0.05) is 12.6 Å². The summed E-state index contributed by atoms with van der Waals surface area (Å²) in [5, 5.41) is 5.43. The number of carbonyl (C=O) groups is 2. The van der Waals surface area contributed by atoms with Crippen molar-refractivity contribution in [2.75, 3.05) is 13.2 Å². The number of aromatic nitrogens is 1. The maximum absolute atomic E-state index is 12.1. The molecule has 2 N–H and O–H groups in total. The molecule has 0 aliphatic heterocycles. The molecule has 142 valence electrons. The third kappa shape index (κ3) is 6.58. The SMILES string of the molecule is C=C(CCNC(=O)COc1ccc(C)c(C)c1)NC(=O)c1cc(C)ccn1. The fourth-order valence-electron chi connectivity index (χ4n) is 2.30. The number of carbonyl (C=O) groups excluding carboxylic acids is 2. The van der Waals surface area contributed by atoms with E-state index in [1.807, 2.05) is 45.0 Å². The Morgan fingerprint density at radius 2 is 1.89 bits per heavy atom. The van der Waals surface area contributed by atoms with E-state index >= 15 is 0 Å². The summed E-state index contributed by atoms with van der Waals surface area (Å²) in [6.45, 7) is 10.0. The number of pyridine rings is 1. The van der Waals surface area contributed by atoms with Crippen molar-refractivity contribution < 1.29 is 14.3 Å². The van der Waals surface area contributed by atoms with Gasteiger partial charge < -0.3 is 15.4 Å². The number of hydrogen-bond donors (Lipinski definition) is 2. The first-order chi connectivity index (χ1) is 12.8. The normalized spacial score (nSPS) is 10.2. The topological polar surface area (TPSA) is 80.3 Å². The number of ether oxygens (including phenoxy) is 1. The van der Waals surface area contributed by atoms with E-state index in [2.05, 4.69) is 22.2 Å². The highest BCUT2D eigenvalue weighted by Crippen LogP contribution is 2.16. The fraction of sp³-hybridized carbons (Fsp3) is 0.286. The molecule has 0 spiro atoms. The molecule has 0 bridgehead atoms. The van der Waals surface area contributed by atoms with E-state index in [0.29, 0.717) is 30.1 Å². The molecular weight excluding hydrogens is 342 g/mol. The van der Waals surface area contributed by atoms with Crippen molar-refractivity contribution in [2.45, 2.75) is 27.2 Å². The van der Waals surface area contributed by atoms with Gasteiger partial charge in [0, 0.05) is 24.9 Å². The summed E-state index contributed by atoms with van der Waals surface area (Å²) < 4.78 is 5.48. The first-order valence-corrected chi connectivity index (χ1v) is 8.73. The molecule has 6 nitrogen and oxygen atoms in total. The standard InChI is InChI=1S/C21H25N3O3/c1-14-7-9-22-19(11-14)21(26)24-17(4)8-10-23-20(25)13-27-18-6-5-15(2)16(3)12-18/h5-7,9,11-12H,4,8,10,13H2,1-3H3,(H,23,25)(H,24,26). The minimum Gasteiger partial charge on any atom is -0.484 e. The van der Waals surface area contributed by atoms with Gasteiger partial charge in [0.15, 0.2) is 6.61 Å². The van der Waals surface area contributed by atoms with E-state index in [0.717, 1.165) is 11.1 Å². The van der Waals surface area contributed by atoms with Gasteiger partial charge in [-0.2, -0.15) is 0 Å². The van der Waals surface area contributed by atoms with Gasteiger partial charge in [0.1, 0.15) is 11.4 Å². The van der Waals surface area contributed by atoms with Gasteiger partial charge in [-0.25, -0.2) is 0 Å². The Kier molecular flexibility index (Phi) is 7.11. The van der Waals surface area contributed by atoms with Crippen LogP contribution in [0.1, 0.15) is 33.6 Å². The quantitative estimate of drug-likeness (QED) is 0.752. The fourth-order valence-corrected chi connectivity index (χ4v) is 2.30. The van der Waals surface area contributed by atoms with Gasteiger partial charge in [0.25, 0.3) is 11.8 Å². The highest BCUT2D eigenvalue weighted by Gasteiger charge is 2.09. The van der Waals surface area contributed by atoms with E-state index in [9.17, 15) is 9.59 Å². The van der Waals surface area contributed by atoms with Gasteiger partial charge in [-0.3, -0.25) is 14.6 Å². The van der Waals surface area contributed by atoms with Crippen LogP contribution in [0.4, 0.5) is 0 Å². The van der Waals surface area contributed by atoms with Gasteiger partial charge in [0.2, 0.25) is 0 Å². The molecule has 1 heterocycles. The maximum atomic E-state index is 12.1. The molecule has 1 aromatic heterocycles. The largest absolute Gasteiger partial charge is 0.484 e. The summed E-state index contributed by atoms with van der Waals surface area (Å²) in [7, 11) is 0. The third-order valence-corrected chi connectivity index (χ3v) is 4.04. The number of benzene rings is 1. The smallest absolute Gasteiger partial charge is 0.273 e. The highest BCUT2D eigenvalue weighted by atomic mass is 16.5. The monoisotopic (exact) mass is 367 g/mol. The molecule has 0 fully saturated rings. The van der Waals surface area contributed by atoms with Crippen LogP contribution in [0.15, 0.2) is 48.8 Å². The zero-order valence-corrected chi connectivity index (χ0v) is 16.0. The molecule has 6 heteroatoms. The Morgan fingerprint density at radius 1 is 1.11 bits per heavy atom. The lowest BCUT2D eigenvalue weighted by Gasteiger charge is -2.11. The number of aryl methyl sites for hydroxylation is 3. The Bertz CT molecular complexity index is 846. The van der Waals surface area contributed by atoms with Crippen molar-refractivity contribution in [1.29, 1.82) is 0 Å². The van der Waals surface area contributed by atoms with Crippen molar-refractivity contribution in [3.8, 4) is 5.75 Å². The van der Waals surface area contributed by atoms with Crippen molar-refractivity contribution in [3.63, 3.8) is 0 Å². The first kappa shape index (κ1) is 20.2. The highest BCUT2D eigenvalue weighted by molar-refractivity contribution is 5.93. The van der Waals surface area contributed by atoms with Crippen LogP contribution in [0.5, 0.6) is 5.75 Å². The van der Waals surface area contributed by atoms with Gasteiger partial charge in [0.05, 0.1) is 0 Å². The first-order valence-electron chi connectivity index (χ1n) is 8.73. The molecule has 0 saturated carbocycles. The number of amides is 2. The molecule has 2 amide bonds. The van der Waals surface area contributed by atoms with Gasteiger partial charge in [-0.15, -0.1) is 0 Å². The molecule has 27 heavy (non-hydrogen) atoms. The summed E-state index contributed by atoms with van der Waals surface area (Å²) in [5.74, 6) is 0.122. The van der Waals surface area contributed by atoms with Crippen molar-refractivity contribution in [1.82, 2.24) is 15.6 Å². The molecule has 0 atom stereocenters. The molecule has 1 aromatic carbocycles. The zero-order valence-electron chi connectivity index (χ0n) is 16.0. The molecular formula is C21H25N3O3.